The molecule has 1 atom stereocenters. The van der Waals surface area contributed by atoms with Gasteiger partial charge in [-0.15, -0.1) is 11.3 Å². The van der Waals surface area contributed by atoms with Crippen LogP contribution in [0.4, 0.5) is 5.13 Å². The maximum atomic E-state index is 12.0. The van der Waals surface area contributed by atoms with Gasteiger partial charge in [0.15, 0.2) is 5.13 Å². The Morgan fingerprint density at radius 2 is 2.00 bits per heavy atom. The van der Waals surface area contributed by atoms with Gasteiger partial charge in [0, 0.05) is 21.6 Å². The molecule has 2 aromatic rings. The number of anilines is 1. The zero-order valence-corrected chi connectivity index (χ0v) is 13.0. The highest BCUT2D eigenvalue weighted by Crippen LogP contribution is 2.12. The first-order valence-corrected chi connectivity index (χ1v) is 7.50. The van der Waals surface area contributed by atoms with Crippen molar-refractivity contribution in [3.63, 3.8) is 0 Å². The lowest BCUT2D eigenvalue weighted by atomic mass is 10.2. The molecule has 104 valence electrons. The molecule has 1 heterocycles. The Bertz CT molecular complexity index is 599. The fraction of sp³-hybridized carbons (Fsp3) is 0.154. The first-order valence-electron chi connectivity index (χ1n) is 5.83. The van der Waals surface area contributed by atoms with E-state index in [1.165, 1.54) is 11.3 Å². The van der Waals surface area contributed by atoms with Crippen molar-refractivity contribution in [3.8, 4) is 0 Å². The number of aromatic nitrogens is 1. The third kappa shape index (κ3) is 3.88. The van der Waals surface area contributed by atoms with Gasteiger partial charge >= 0.3 is 0 Å². The second-order valence-corrected chi connectivity index (χ2v) is 5.84. The zero-order valence-electron chi connectivity index (χ0n) is 10.6. The molecule has 0 radical (unpaired) electrons. The summed E-state index contributed by atoms with van der Waals surface area (Å²) >= 11 is 4.62. The number of benzene rings is 1. The number of thiazole rings is 1. The van der Waals surface area contributed by atoms with Crippen molar-refractivity contribution >= 4 is 44.2 Å². The number of halogens is 1. The molecule has 0 aliphatic rings. The van der Waals surface area contributed by atoms with Gasteiger partial charge in [0.1, 0.15) is 6.04 Å². The van der Waals surface area contributed by atoms with E-state index in [2.05, 4.69) is 31.5 Å². The topological polar surface area (TPSA) is 71.1 Å². The van der Waals surface area contributed by atoms with Crippen molar-refractivity contribution in [1.82, 2.24) is 10.3 Å². The minimum atomic E-state index is -0.643. The second kappa shape index (κ2) is 6.62. The summed E-state index contributed by atoms with van der Waals surface area (Å²) in [4.78, 5) is 27.8. The summed E-state index contributed by atoms with van der Waals surface area (Å²) < 4.78 is 0.892. The van der Waals surface area contributed by atoms with Gasteiger partial charge in [-0.3, -0.25) is 9.59 Å². The Labute approximate surface area is 128 Å². The van der Waals surface area contributed by atoms with Gasteiger partial charge in [-0.05, 0) is 31.2 Å². The van der Waals surface area contributed by atoms with Gasteiger partial charge in [0.05, 0.1) is 0 Å². The van der Waals surface area contributed by atoms with Gasteiger partial charge in [-0.1, -0.05) is 15.9 Å². The predicted molar refractivity (Wildman–Crippen MR) is 81.8 cm³/mol. The van der Waals surface area contributed by atoms with Crippen molar-refractivity contribution in [2.24, 2.45) is 0 Å². The summed E-state index contributed by atoms with van der Waals surface area (Å²) in [6.07, 6.45) is 1.60. The van der Waals surface area contributed by atoms with Crippen LogP contribution in [0.25, 0.3) is 0 Å². The van der Waals surface area contributed by atoms with Crippen LogP contribution in [0.15, 0.2) is 40.3 Å². The highest BCUT2D eigenvalue weighted by atomic mass is 79.9. The quantitative estimate of drug-likeness (QED) is 0.887. The molecule has 2 amide bonds. The molecule has 20 heavy (non-hydrogen) atoms. The summed E-state index contributed by atoms with van der Waals surface area (Å²) in [6.45, 7) is 1.62. The molecule has 1 aromatic carbocycles. The molecule has 2 N–H and O–H groups in total. The molecule has 0 aliphatic heterocycles. The van der Waals surface area contributed by atoms with E-state index in [1.54, 1.807) is 42.8 Å². The maximum Gasteiger partial charge on any atom is 0.251 e. The molecule has 0 saturated heterocycles. The number of carbonyl (C=O) groups is 2. The number of nitrogens with zero attached hydrogens (tertiary/aromatic N) is 1. The molecule has 5 nitrogen and oxygen atoms in total. The highest BCUT2D eigenvalue weighted by Gasteiger charge is 2.17. The third-order valence-corrected chi connectivity index (χ3v) is 3.73. The first-order chi connectivity index (χ1) is 9.56. The molecule has 0 spiro atoms. The van der Waals surface area contributed by atoms with Crippen molar-refractivity contribution < 1.29 is 9.59 Å². The summed E-state index contributed by atoms with van der Waals surface area (Å²) in [5, 5.41) is 7.55. The largest absolute Gasteiger partial charge is 0.341 e. The van der Waals surface area contributed by atoms with Crippen LogP contribution < -0.4 is 10.6 Å². The van der Waals surface area contributed by atoms with E-state index in [0.29, 0.717) is 10.7 Å². The number of hydrogen-bond acceptors (Lipinski definition) is 4. The van der Waals surface area contributed by atoms with Gasteiger partial charge in [0.25, 0.3) is 5.91 Å². The van der Waals surface area contributed by atoms with Crippen LogP contribution in [-0.4, -0.2) is 22.8 Å². The first kappa shape index (κ1) is 14.7. The van der Waals surface area contributed by atoms with Crippen LogP contribution in [0.1, 0.15) is 17.3 Å². The Balaban J connectivity index is 1.93. The Morgan fingerprint density at radius 3 is 2.60 bits per heavy atom. The highest BCUT2D eigenvalue weighted by molar-refractivity contribution is 9.10. The van der Waals surface area contributed by atoms with Crippen LogP contribution in [0.2, 0.25) is 0 Å². The summed E-state index contributed by atoms with van der Waals surface area (Å²) in [5.41, 5.74) is 0.502. The van der Waals surface area contributed by atoms with Gasteiger partial charge in [-0.25, -0.2) is 4.98 Å². The molecule has 1 aromatic heterocycles. The van der Waals surface area contributed by atoms with Crippen LogP contribution in [0.5, 0.6) is 0 Å². The van der Waals surface area contributed by atoms with Crippen LogP contribution in [0, 0.1) is 0 Å². The standard InChI is InChI=1S/C13H12BrN3O2S/c1-8(11(18)17-13-15-6-7-20-13)16-12(19)9-2-4-10(14)5-3-9/h2-8H,1H3,(H,16,19)(H,15,17,18)/t8-/m1/s1. The van der Waals surface area contributed by atoms with E-state index in [1.807, 2.05) is 0 Å². The van der Waals surface area contributed by atoms with E-state index in [4.69, 9.17) is 0 Å². The van der Waals surface area contributed by atoms with E-state index < -0.39 is 6.04 Å². The van der Waals surface area contributed by atoms with E-state index in [0.717, 1.165) is 4.47 Å². The van der Waals surface area contributed by atoms with Crippen molar-refractivity contribution in [1.29, 1.82) is 0 Å². The van der Waals surface area contributed by atoms with Gasteiger partial charge < -0.3 is 10.6 Å². The van der Waals surface area contributed by atoms with Crippen molar-refractivity contribution in [3.05, 3.63) is 45.9 Å². The lowest BCUT2D eigenvalue weighted by molar-refractivity contribution is -0.117. The molecule has 0 aliphatic carbocycles. The number of carbonyl (C=O) groups excluding carboxylic acids is 2. The molecular weight excluding hydrogens is 342 g/mol. The van der Waals surface area contributed by atoms with Gasteiger partial charge in [0.2, 0.25) is 5.91 Å². The lowest BCUT2D eigenvalue weighted by Gasteiger charge is -2.13. The van der Waals surface area contributed by atoms with Crippen molar-refractivity contribution in [2.75, 3.05) is 5.32 Å². The SMILES string of the molecule is C[C@@H](NC(=O)c1ccc(Br)cc1)C(=O)Nc1nccs1. The minimum Gasteiger partial charge on any atom is -0.341 e. The van der Waals surface area contributed by atoms with E-state index >= 15 is 0 Å². The van der Waals surface area contributed by atoms with E-state index in [9.17, 15) is 9.59 Å². The molecule has 7 heteroatoms. The summed E-state index contributed by atoms with van der Waals surface area (Å²) in [6, 6.07) is 6.27. The molecule has 2 rings (SSSR count). The summed E-state index contributed by atoms with van der Waals surface area (Å²) in [7, 11) is 0. The van der Waals surface area contributed by atoms with Crippen LogP contribution in [0.3, 0.4) is 0 Å². The second-order valence-electron chi connectivity index (χ2n) is 4.03. The molecular formula is C13H12BrN3O2S. The number of rotatable bonds is 4. The van der Waals surface area contributed by atoms with Gasteiger partial charge in [-0.2, -0.15) is 0 Å². The molecule has 0 bridgehead atoms. The normalized spacial score (nSPS) is 11.7. The number of amides is 2. The zero-order chi connectivity index (χ0) is 14.5. The molecule has 0 unspecified atom stereocenters. The summed E-state index contributed by atoms with van der Waals surface area (Å²) in [5.74, 6) is -0.593. The van der Waals surface area contributed by atoms with Crippen LogP contribution >= 0.6 is 27.3 Å². The Hall–Kier alpha value is -1.73. The van der Waals surface area contributed by atoms with E-state index in [-0.39, 0.29) is 11.8 Å². The maximum absolute atomic E-state index is 12.0. The Morgan fingerprint density at radius 1 is 1.30 bits per heavy atom. The number of hydrogen-bond donors (Lipinski definition) is 2. The average molecular weight is 354 g/mol. The number of nitrogens with one attached hydrogen (secondary N) is 2. The molecule has 0 fully saturated rings. The smallest absolute Gasteiger partial charge is 0.251 e. The fourth-order valence-corrected chi connectivity index (χ4v) is 2.24. The van der Waals surface area contributed by atoms with Crippen molar-refractivity contribution in [2.45, 2.75) is 13.0 Å². The predicted octanol–water partition coefficient (Wildman–Crippen LogP) is 2.66. The minimum absolute atomic E-state index is 0.292. The molecule has 0 saturated carbocycles. The average Bonchev–Trinajstić information content (AvgIpc) is 2.92. The monoisotopic (exact) mass is 353 g/mol. The Kier molecular flexibility index (Phi) is 4.86. The lowest BCUT2D eigenvalue weighted by Crippen LogP contribution is -2.41. The van der Waals surface area contributed by atoms with Crippen LogP contribution in [-0.2, 0) is 4.79 Å². The fourth-order valence-electron chi connectivity index (χ4n) is 1.45. The third-order valence-electron chi connectivity index (χ3n) is 2.51.